The molecule has 0 aromatic heterocycles. The quantitative estimate of drug-likeness (QED) is 0.841. The number of carboxylic acid groups (broad SMARTS) is 1. The standard InChI is InChI=1S/C12H14O4S/c13-12(14)10-2-1-3-11(6-10)17(15)8-16-7-9-4-5-9/h1-3,6,9H,4-5,7-8H2,(H,13,14). The average molecular weight is 254 g/mol. The number of benzene rings is 1. The highest BCUT2D eigenvalue weighted by molar-refractivity contribution is 7.84. The predicted molar refractivity (Wildman–Crippen MR) is 63.4 cm³/mol. The van der Waals surface area contributed by atoms with Crippen LogP contribution in [0, 0.1) is 5.92 Å². The van der Waals surface area contributed by atoms with Gasteiger partial charge in [0.15, 0.2) is 0 Å². The van der Waals surface area contributed by atoms with E-state index in [1.807, 2.05) is 0 Å². The summed E-state index contributed by atoms with van der Waals surface area (Å²) in [7, 11) is -1.28. The minimum Gasteiger partial charge on any atom is -0.478 e. The molecule has 1 aliphatic rings. The van der Waals surface area contributed by atoms with Crippen LogP contribution in [0.3, 0.4) is 0 Å². The Morgan fingerprint density at radius 1 is 1.47 bits per heavy atom. The minimum absolute atomic E-state index is 0.138. The Hall–Kier alpha value is -1.20. The van der Waals surface area contributed by atoms with E-state index in [2.05, 4.69) is 0 Å². The van der Waals surface area contributed by atoms with Crippen molar-refractivity contribution in [1.29, 1.82) is 0 Å². The normalized spacial score (nSPS) is 16.7. The van der Waals surface area contributed by atoms with Gasteiger partial charge in [-0.1, -0.05) is 6.07 Å². The lowest BCUT2D eigenvalue weighted by Crippen LogP contribution is -2.06. The van der Waals surface area contributed by atoms with Gasteiger partial charge in [-0.25, -0.2) is 4.79 Å². The Labute approximate surface area is 102 Å². The van der Waals surface area contributed by atoms with E-state index < -0.39 is 16.8 Å². The second-order valence-corrected chi connectivity index (χ2v) is 5.51. The van der Waals surface area contributed by atoms with Gasteiger partial charge in [-0.15, -0.1) is 0 Å². The molecular formula is C12H14O4S. The summed E-state index contributed by atoms with van der Waals surface area (Å²) in [6, 6.07) is 6.16. The third-order valence-electron chi connectivity index (χ3n) is 2.58. The van der Waals surface area contributed by atoms with Crippen molar-refractivity contribution in [3.8, 4) is 0 Å². The Balaban J connectivity index is 1.92. The fourth-order valence-corrected chi connectivity index (χ4v) is 2.29. The monoisotopic (exact) mass is 254 g/mol. The molecule has 1 atom stereocenters. The Morgan fingerprint density at radius 3 is 2.88 bits per heavy atom. The van der Waals surface area contributed by atoms with Crippen LogP contribution in [0.15, 0.2) is 29.2 Å². The molecule has 0 amide bonds. The summed E-state index contributed by atoms with van der Waals surface area (Å²) in [6.45, 7) is 0.657. The maximum Gasteiger partial charge on any atom is 0.335 e. The first-order valence-corrected chi connectivity index (χ1v) is 6.78. The molecule has 0 bridgehead atoms. The van der Waals surface area contributed by atoms with Crippen LogP contribution in [0.2, 0.25) is 0 Å². The third kappa shape index (κ3) is 3.64. The lowest BCUT2D eigenvalue weighted by atomic mass is 10.2. The minimum atomic E-state index is -1.28. The van der Waals surface area contributed by atoms with Crippen LogP contribution in [-0.4, -0.2) is 27.8 Å². The smallest absolute Gasteiger partial charge is 0.335 e. The Kier molecular flexibility index (Phi) is 3.91. The van der Waals surface area contributed by atoms with E-state index in [1.165, 1.54) is 25.0 Å². The zero-order valence-electron chi connectivity index (χ0n) is 9.30. The van der Waals surface area contributed by atoms with Gasteiger partial charge >= 0.3 is 5.97 Å². The van der Waals surface area contributed by atoms with Crippen molar-refractivity contribution in [3.05, 3.63) is 29.8 Å². The van der Waals surface area contributed by atoms with Gasteiger partial charge < -0.3 is 9.84 Å². The number of ether oxygens (including phenoxy) is 1. The molecule has 0 heterocycles. The van der Waals surface area contributed by atoms with Crippen LogP contribution in [-0.2, 0) is 15.5 Å². The highest BCUT2D eigenvalue weighted by atomic mass is 32.2. The molecule has 1 aromatic rings. The zero-order valence-corrected chi connectivity index (χ0v) is 10.1. The summed E-state index contributed by atoms with van der Waals surface area (Å²) >= 11 is 0. The molecule has 1 saturated carbocycles. The number of hydrogen-bond acceptors (Lipinski definition) is 3. The molecule has 4 nitrogen and oxygen atoms in total. The molecular weight excluding hydrogens is 240 g/mol. The van der Waals surface area contributed by atoms with Crippen molar-refractivity contribution in [2.75, 3.05) is 12.5 Å². The second kappa shape index (κ2) is 5.42. The fourth-order valence-electron chi connectivity index (χ4n) is 1.41. The lowest BCUT2D eigenvalue weighted by molar-refractivity contribution is 0.0696. The van der Waals surface area contributed by atoms with E-state index in [4.69, 9.17) is 9.84 Å². The van der Waals surface area contributed by atoms with E-state index >= 15 is 0 Å². The summed E-state index contributed by atoms with van der Waals surface area (Å²) in [5.74, 6) is -0.236. The van der Waals surface area contributed by atoms with Crippen molar-refractivity contribution >= 4 is 16.8 Å². The van der Waals surface area contributed by atoms with Crippen LogP contribution in [0.5, 0.6) is 0 Å². The van der Waals surface area contributed by atoms with E-state index in [0.717, 1.165) is 0 Å². The number of carboxylic acids is 1. The molecule has 0 aliphatic heterocycles. The van der Waals surface area contributed by atoms with Gasteiger partial charge in [0.1, 0.15) is 5.94 Å². The first-order chi connectivity index (χ1) is 8.16. The van der Waals surface area contributed by atoms with Gasteiger partial charge in [0.2, 0.25) is 0 Å². The first-order valence-electron chi connectivity index (χ1n) is 5.46. The summed E-state index contributed by atoms with van der Waals surface area (Å²) in [5.41, 5.74) is 0.151. The van der Waals surface area contributed by atoms with Crippen LogP contribution in [0.1, 0.15) is 23.2 Å². The predicted octanol–water partition coefficient (Wildman–Crippen LogP) is 1.88. The Bertz CT molecular complexity index is 440. The Morgan fingerprint density at radius 2 is 2.24 bits per heavy atom. The van der Waals surface area contributed by atoms with E-state index in [0.29, 0.717) is 17.4 Å². The summed E-state index contributed by atoms with van der Waals surface area (Å²) in [4.78, 5) is 11.3. The molecule has 92 valence electrons. The SMILES string of the molecule is O=C(O)c1cccc(S(=O)COCC2CC2)c1. The van der Waals surface area contributed by atoms with Crippen molar-refractivity contribution in [2.45, 2.75) is 17.7 Å². The number of carbonyl (C=O) groups is 1. The molecule has 0 spiro atoms. The molecule has 0 saturated heterocycles. The highest BCUT2D eigenvalue weighted by Crippen LogP contribution is 2.28. The first kappa shape index (κ1) is 12.3. The van der Waals surface area contributed by atoms with Gasteiger partial charge in [0.25, 0.3) is 0 Å². The number of aromatic carboxylic acids is 1. The second-order valence-electron chi connectivity index (χ2n) is 4.11. The average Bonchev–Trinajstić information content (AvgIpc) is 3.13. The lowest BCUT2D eigenvalue weighted by Gasteiger charge is -2.04. The number of hydrogen-bond donors (Lipinski definition) is 1. The topological polar surface area (TPSA) is 63.6 Å². The van der Waals surface area contributed by atoms with Crippen LogP contribution in [0.25, 0.3) is 0 Å². The molecule has 1 aliphatic carbocycles. The number of rotatable bonds is 6. The molecule has 2 rings (SSSR count). The summed E-state index contributed by atoms with van der Waals surface area (Å²) in [6.07, 6.45) is 2.39. The largest absolute Gasteiger partial charge is 0.478 e. The van der Waals surface area contributed by atoms with Crippen molar-refractivity contribution < 1.29 is 18.8 Å². The highest BCUT2D eigenvalue weighted by Gasteiger charge is 2.21. The van der Waals surface area contributed by atoms with Gasteiger partial charge in [-0.2, -0.15) is 0 Å². The van der Waals surface area contributed by atoms with E-state index in [-0.39, 0.29) is 11.5 Å². The molecule has 1 aromatic carbocycles. The van der Waals surface area contributed by atoms with Gasteiger partial charge in [0.05, 0.1) is 23.0 Å². The van der Waals surface area contributed by atoms with E-state index in [1.54, 1.807) is 12.1 Å². The van der Waals surface area contributed by atoms with Crippen LogP contribution >= 0.6 is 0 Å². The molecule has 1 fully saturated rings. The zero-order chi connectivity index (χ0) is 12.3. The fraction of sp³-hybridized carbons (Fsp3) is 0.417. The molecule has 1 unspecified atom stereocenters. The van der Waals surface area contributed by atoms with Gasteiger partial charge in [0, 0.05) is 4.90 Å². The molecule has 0 radical (unpaired) electrons. The molecule has 5 heteroatoms. The summed E-state index contributed by atoms with van der Waals surface area (Å²) in [5, 5.41) is 8.82. The van der Waals surface area contributed by atoms with Crippen molar-refractivity contribution in [3.63, 3.8) is 0 Å². The van der Waals surface area contributed by atoms with Gasteiger partial charge in [-0.3, -0.25) is 4.21 Å². The van der Waals surface area contributed by atoms with Gasteiger partial charge in [-0.05, 0) is 37.0 Å². The van der Waals surface area contributed by atoms with Crippen molar-refractivity contribution in [1.82, 2.24) is 0 Å². The maximum atomic E-state index is 11.8. The summed E-state index contributed by atoms with van der Waals surface area (Å²) < 4.78 is 17.1. The van der Waals surface area contributed by atoms with Crippen molar-refractivity contribution in [2.24, 2.45) is 5.92 Å². The molecule has 17 heavy (non-hydrogen) atoms. The van der Waals surface area contributed by atoms with Crippen LogP contribution in [0.4, 0.5) is 0 Å². The third-order valence-corrected chi connectivity index (χ3v) is 3.75. The van der Waals surface area contributed by atoms with E-state index in [9.17, 15) is 9.00 Å². The maximum absolute atomic E-state index is 11.8. The van der Waals surface area contributed by atoms with Crippen LogP contribution < -0.4 is 0 Å². The molecule has 1 N–H and O–H groups in total.